The fraction of sp³-hybridized carbons (Fsp3) is 0.259. The highest BCUT2D eigenvalue weighted by Crippen LogP contribution is 2.25. The fourth-order valence-electron chi connectivity index (χ4n) is 5.60. The maximum Gasteiger partial charge on any atom is 0.321 e. The molecule has 0 saturated heterocycles. The third-order valence-electron chi connectivity index (χ3n) is 10.3. The first kappa shape index (κ1) is 69.2. The monoisotopic (exact) mass is 1180 g/mol. The third kappa shape index (κ3) is 27.8. The van der Waals surface area contributed by atoms with Crippen LogP contribution >= 0.6 is 34.8 Å². The molecule has 0 aliphatic heterocycles. The predicted molar refractivity (Wildman–Crippen MR) is 335 cm³/mol. The largest absolute Gasteiger partial charge is 0.331 e. The van der Waals surface area contributed by atoms with Crippen LogP contribution in [-0.4, -0.2) is 175 Å². The van der Waals surface area contributed by atoms with Gasteiger partial charge in [0.1, 0.15) is 0 Å². The molecule has 0 atom stereocenters. The third-order valence-corrected chi connectivity index (χ3v) is 11.3. The van der Waals surface area contributed by atoms with Crippen LogP contribution in [0.25, 0.3) is 0 Å². The maximum absolute atomic E-state index is 11.6. The number of para-hydroxylation sites is 1. The minimum Gasteiger partial charge on any atom is -0.331 e. The number of halogens is 3. The van der Waals surface area contributed by atoms with Gasteiger partial charge in [-0.25, -0.2) is 33.6 Å². The molecular weight excluding hydrogens is 1110 g/mol. The van der Waals surface area contributed by atoms with E-state index in [1.807, 2.05) is 78.9 Å². The van der Waals surface area contributed by atoms with Crippen molar-refractivity contribution in [3.8, 4) is 0 Å². The van der Waals surface area contributed by atoms with Gasteiger partial charge in [0.15, 0.2) is 0 Å². The molecule has 0 bridgehead atoms. The normalized spacial score (nSPS) is 9.67. The lowest BCUT2D eigenvalue weighted by molar-refractivity contribution is 0.230. The quantitative estimate of drug-likeness (QED) is 0.0740. The standard InChI is InChI=1S/C19H24N4O2.C12H18N4O2.C9H10Cl2N2O.C9H11ClN2O.C9H12N2O/c1-22(2)18(24)20-16-9-5-14(6-10-16)13-15-7-11-17(12-8-15)21-19(25)23(3)4;1-15(2)11(17)13-9-6-5-7-10(8-9)14-12(18)16(3)4;1-13(2)9(14)12-6-3-4-7(10)8(11)5-6;1-12(2)9(13)11-8-5-3-7(10)4-6-8;1-11(2)9(12)10-8-6-4-3-5-7-8/h5-12H,13H2,1-4H3,(H,20,24)(H,21,25);5-8H,1-4H3,(H,13,17)(H,14,18);3-5H,1-2H3,(H,12,14);3-6H,1-2H3,(H,11,13);3-7H,1-2H3,(H,10,12). The number of rotatable bonds is 9. The molecule has 24 heteroatoms. The Kier molecular flexibility index (Phi) is 30.1. The lowest BCUT2D eigenvalue weighted by Crippen LogP contribution is -2.28. The Morgan fingerprint density at radius 3 is 0.817 bits per heavy atom. The van der Waals surface area contributed by atoms with E-state index in [-0.39, 0.29) is 42.2 Å². The molecule has 0 aliphatic rings. The maximum atomic E-state index is 11.6. The van der Waals surface area contributed by atoms with E-state index in [0.29, 0.717) is 32.1 Å². The molecule has 7 N–H and O–H groups in total. The van der Waals surface area contributed by atoms with Crippen molar-refractivity contribution >= 4 is 117 Å². The summed E-state index contributed by atoms with van der Waals surface area (Å²) < 4.78 is 0. The van der Waals surface area contributed by atoms with Gasteiger partial charge in [0, 0.05) is 144 Å². The summed E-state index contributed by atoms with van der Waals surface area (Å²) in [5, 5.41) is 20.7. The smallest absolute Gasteiger partial charge is 0.321 e. The van der Waals surface area contributed by atoms with Gasteiger partial charge in [-0.2, -0.15) is 0 Å². The molecule has 0 spiro atoms. The summed E-state index contributed by atoms with van der Waals surface area (Å²) in [6.45, 7) is 0. The number of nitrogens with one attached hydrogen (secondary N) is 7. The molecular formula is C58H75Cl3N14O7. The van der Waals surface area contributed by atoms with Gasteiger partial charge in [0.25, 0.3) is 0 Å². The Morgan fingerprint density at radius 2 is 0.524 bits per heavy atom. The van der Waals surface area contributed by atoms with E-state index in [4.69, 9.17) is 34.8 Å². The van der Waals surface area contributed by atoms with Gasteiger partial charge in [0.05, 0.1) is 10.0 Å². The van der Waals surface area contributed by atoms with Gasteiger partial charge in [0.2, 0.25) is 0 Å². The minimum absolute atomic E-state index is 0.110. The molecule has 0 radical (unpaired) electrons. The Bertz CT molecular complexity index is 2880. The summed E-state index contributed by atoms with van der Waals surface area (Å²) >= 11 is 17.2. The second-order valence-corrected chi connectivity index (χ2v) is 20.2. The second-order valence-electron chi connectivity index (χ2n) is 18.9. The summed E-state index contributed by atoms with van der Waals surface area (Å²) in [5.74, 6) is 0. The van der Waals surface area contributed by atoms with Gasteiger partial charge >= 0.3 is 42.2 Å². The van der Waals surface area contributed by atoms with Crippen molar-refractivity contribution < 1.29 is 33.6 Å². The number of anilines is 7. The Balaban J connectivity index is 0.000000361. The molecule has 6 aromatic rings. The van der Waals surface area contributed by atoms with Crippen molar-refractivity contribution in [3.05, 3.63) is 172 Å². The van der Waals surface area contributed by atoms with E-state index < -0.39 is 0 Å². The Hall–Kier alpha value is -8.92. The second kappa shape index (κ2) is 35.6. The van der Waals surface area contributed by atoms with Crippen molar-refractivity contribution in [3.63, 3.8) is 0 Å². The first-order valence-corrected chi connectivity index (χ1v) is 26.1. The highest BCUT2D eigenvalue weighted by molar-refractivity contribution is 6.42. The predicted octanol–water partition coefficient (Wildman–Crippen LogP) is 12.6. The van der Waals surface area contributed by atoms with E-state index in [9.17, 15) is 33.6 Å². The zero-order chi connectivity index (χ0) is 61.6. The Morgan fingerprint density at radius 1 is 0.280 bits per heavy atom. The molecule has 0 aliphatic carbocycles. The van der Waals surface area contributed by atoms with Gasteiger partial charge in [-0.1, -0.05) is 83.3 Å². The molecule has 0 aromatic heterocycles. The fourth-order valence-corrected chi connectivity index (χ4v) is 6.02. The van der Waals surface area contributed by atoms with Crippen LogP contribution in [0.3, 0.4) is 0 Å². The molecule has 440 valence electrons. The van der Waals surface area contributed by atoms with Crippen molar-refractivity contribution in [2.75, 3.05) is 136 Å². The number of benzene rings is 6. The average molecular weight is 1190 g/mol. The van der Waals surface area contributed by atoms with E-state index in [1.54, 1.807) is 165 Å². The van der Waals surface area contributed by atoms with Crippen LogP contribution in [0, 0.1) is 0 Å². The molecule has 0 unspecified atom stereocenters. The van der Waals surface area contributed by atoms with Crippen molar-refractivity contribution in [2.45, 2.75) is 6.42 Å². The number of carbonyl (C=O) groups is 7. The summed E-state index contributed by atoms with van der Waals surface area (Å²) in [6, 6.07) is 42.6. The molecule has 0 heterocycles. The van der Waals surface area contributed by atoms with Crippen molar-refractivity contribution in [1.82, 2.24) is 34.3 Å². The number of hydrogen-bond donors (Lipinski definition) is 7. The summed E-state index contributed by atoms with van der Waals surface area (Å²) in [7, 11) is 23.6. The van der Waals surface area contributed by atoms with Crippen molar-refractivity contribution in [1.29, 1.82) is 0 Å². The molecule has 21 nitrogen and oxygen atoms in total. The first-order valence-electron chi connectivity index (χ1n) is 25.0. The topological polar surface area (TPSA) is 226 Å². The molecule has 6 rings (SSSR count). The summed E-state index contributed by atoms with van der Waals surface area (Å²) in [5.41, 5.74) is 7.27. The molecule has 0 fully saturated rings. The number of amides is 14. The lowest BCUT2D eigenvalue weighted by Gasteiger charge is -2.14. The van der Waals surface area contributed by atoms with Crippen LogP contribution in [0.4, 0.5) is 73.4 Å². The van der Waals surface area contributed by atoms with E-state index in [1.165, 1.54) is 34.3 Å². The van der Waals surface area contributed by atoms with Crippen LogP contribution < -0.4 is 37.2 Å². The van der Waals surface area contributed by atoms with Crippen LogP contribution in [0.1, 0.15) is 11.1 Å². The number of hydrogen-bond acceptors (Lipinski definition) is 7. The van der Waals surface area contributed by atoms with Crippen molar-refractivity contribution in [2.24, 2.45) is 0 Å². The van der Waals surface area contributed by atoms with Gasteiger partial charge in [-0.15, -0.1) is 0 Å². The van der Waals surface area contributed by atoms with Gasteiger partial charge in [-0.3, -0.25) is 0 Å². The molecule has 0 saturated carbocycles. The molecule has 14 amide bonds. The summed E-state index contributed by atoms with van der Waals surface area (Å²) in [4.78, 5) is 90.0. The minimum atomic E-state index is -0.217. The Labute approximate surface area is 496 Å². The van der Waals surface area contributed by atoms with Gasteiger partial charge < -0.3 is 71.5 Å². The van der Waals surface area contributed by atoms with Crippen LogP contribution in [-0.2, 0) is 6.42 Å². The first-order chi connectivity index (χ1) is 38.5. The zero-order valence-electron chi connectivity index (χ0n) is 48.7. The van der Waals surface area contributed by atoms with Crippen LogP contribution in [0.2, 0.25) is 15.1 Å². The highest BCUT2D eigenvalue weighted by Gasteiger charge is 2.10. The van der Waals surface area contributed by atoms with E-state index in [0.717, 1.165) is 40.3 Å². The molecule has 82 heavy (non-hydrogen) atoms. The van der Waals surface area contributed by atoms with Crippen LogP contribution in [0.15, 0.2) is 146 Å². The van der Waals surface area contributed by atoms with E-state index in [2.05, 4.69) is 37.2 Å². The van der Waals surface area contributed by atoms with E-state index >= 15 is 0 Å². The van der Waals surface area contributed by atoms with Crippen LogP contribution in [0.5, 0.6) is 0 Å². The number of nitrogens with zero attached hydrogens (tertiary/aromatic N) is 7. The SMILES string of the molecule is CN(C)C(=O)Nc1ccc(Cc2ccc(NC(=O)N(C)C)cc2)cc1.CN(C)C(=O)Nc1ccc(Cl)c(Cl)c1.CN(C)C(=O)Nc1ccc(Cl)cc1.CN(C)C(=O)Nc1cccc(NC(=O)N(C)C)c1.CN(C)C(=O)Nc1ccccc1. The molecule has 6 aromatic carbocycles. The lowest BCUT2D eigenvalue weighted by atomic mass is 10.0. The van der Waals surface area contributed by atoms with Gasteiger partial charge in [-0.05, 0) is 115 Å². The highest BCUT2D eigenvalue weighted by atomic mass is 35.5. The summed E-state index contributed by atoms with van der Waals surface area (Å²) in [6.07, 6.45) is 0.782. The average Bonchev–Trinajstić information content (AvgIpc) is 3.44. The number of carbonyl (C=O) groups excluding carboxylic acids is 7. The zero-order valence-corrected chi connectivity index (χ0v) is 51.0. The number of urea groups is 7.